The Morgan fingerprint density at radius 3 is 2.70 bits per heavy atom. The van der Waals surface area contributed by atoms with Gasteiger partial charge in [0.25, 0.3) is 0 Å². The van der Waals surface area contributed by atoms with E-state index in [4.69, 9.17) is 0 Å². The quantitative estimate of drug-likeness (QED) is 0.852. The lowest BCUT2D eigenvalue weighted by Crippen LogP contribution is -2.30. The Labute approximate surface area is 121 Å². The lowest BCUT2D eigenvalue weighted by atomic mass is 10.1. The summed E-state index contributed by atoms with van der Waals surface area (Å²) >= 11 is 0. The first kappa shape index (κ1) is 14.8. The van der Waals surface area contributed by atoms with Crippen molar-refractivity contribution in [1.29, 1.82) is 0 Å². The molecule has 0 amide bonds. The van der Waals surface area contributed by atoms with Gasteiger partial charge in [0, 0.05) is 37.2 Å². The van der Waals surface area contributed by atoms with E-state index in [2.05, 4.69) is 36.0 Å². The maximum atomic E-state index is 9.60. The second-order valence-electron chi connectivity index (χ2n) is 5.61. The van der Waals surface area contributed by atoms with E-state index >= 15 is 0 Å². The molecule has 3 nitrogen and oxygen atoms in total. The predicted molar refractivity (Wildman–Crippen MR) is 83.8 cm³/mol. The van der Waals surface area contributed by atoms with Crippen LogP contribution in [0.1, 0.15) is 20.3 Å². The van der Waals surface area contributed by atoms with Gasteiger partial charge in [-0.3, -0.25) is 4.90 Å². The molecular weight excluding hydrogens is 248 g/mol. The van der Waals surface area contributed by atoms with E-state index in [9.17, 15) is 5.11 Å². The lowest BCUT2D eigenvalue weighted by Gasteiger charge is -2.30. The summed E-state index contributed by atoms with van der Waals surface area (Å²) < 4.78 is 0. The third-order valence-corrected chi connectivity index (χ3v) is 3.88. The molecule has 0 radical (unpaired) electrons. The van der Waals surface area contributed by atoms with Crippen molar-refractivity contribution in [3.8, 4) is 0 Å². The van der Waals surface area contributed by atoms with Crippen LogP contribution in [0.2, 0.25) is 0 Å². The van der Waals surface area contributed by atoms with E-state index < -0.39 is 0 Å². The zero-order valence-corrected chi connectivity index (χ0v) is 12.5. The van der Waals surface area contributed by atoms with Crippen molar-refractivity contribution < 1.29 is 5.11 Å². The number of allylic oxidation sites excluding steroid dienone is 5. The molecule has 2 heterocycles. The molecule has 108 valence electrons. The fourth-order valence-corrected chi connectivity index (χ4v) is 2.53. The van der Waals surface area contributed by atoms with E-state index in [0.717, 1.165) is 43.0 Å². The minimum Gasteiger partial charge on any atom is -0.392 e. The Morgan fingerprint density at radius 2 is 2.10 bits per heavy atom. The monoisotopic (exact) mass is 272 g/mol. The number of aliphatic hydroxyl groups excluding tert-OH is 1. The van der Waals surface area contributed by atoms with Gasteiger partial charge < -0.3 is 10.0 Å². The first-order valence-corrected chi connectivity index (χ1v) is 7.08. The average molecular weight is 272 g/mol. The van der Waals surface area contributed by atoms with Gasteiger partial charge >= 0.3 is 0 Å². The van der Waals surface area contributed by atoms with Crippen molar-refractivity contribution in [3.05, 3.63) is 60.1 Å². The van der Waals surface area contributed by atoms with Crippen molar-refractivity contribution in [2.75, 3.05) is 19.6 Å². The third kappa shape index (κ3) is 3.30. The maximum absolute atomic E-state index is 9.60. The molecule has 0 aliphatic carbocycles. The van der Waals surface area contributed by atoms with Gasteiger partial charge in [-0.1, -0.05) is 24.8 Å². The summed E-state index contributed by atoms with van der Waals surface area (Å²) in [5, 5.41) is 9.60. The summed E-state index contributed by atoms with van der Waals surface area (Å²) in [5.74, 6) is 0. The van der Waals surface area contributed by atoms with Crippen LogP contribution in [0.5, 0.6) is 0 Å². The van der Waals surface area contributed by atoms with E-state index in [-0.39, 0.29) is 6.10 Å². The molecule has 0 aromatic rings. The fraction of sp³-hybridized carbons (Fsp3) is 0.412. The second kappa shape index (κ2) is 6.25. The normalized spacial score (nSPS) is 25.1. The largest absolute Gasteiger partial charge is 0.392 e. The highest BCUT2D eigenvalue weighted by molar-refractivity contribution is 5.41. The van der Waals surface area contributed by atoms with Gasteiger partial charge in [0.2, 0.25) is 0 Å². The number of rotatable bonds is 4. The minimum absolute atomic E-state index is 0.188. The summed E-state index contributed by atoms with van der Waals surface area (Å²) in [4.78, 5) is 4.36. The van der Waals surface area contributed by atoms with E-state index in [0.29, 0.717) is 0 Å². The molecule has 1 N–H and O–H groups in total. The smallest absolute Gasteiger partial charge is 0.0679 e. The Morgan fingerprint density at radius 1 is 1.35 bits per heavy atom. The van der Waals surface area contributed by atoms with Crippen LogP contribution in [-0.2, 0) is 0 Å². The van der Waals surface area contributed by atoms with Crippen molar-refractivity contribution >= 4 is 0 Å². The molecular formula is C17H24N2O. The van der Waals surface area contributed by atoms with Gasteiger partial charge in [-0.25, -0.2) is 0 Å². The maximum Gasteiger partial charge on any atom is 0.0679 e. The third-order valence-electron chi connectivity index (χ3n) is 3.88. The van der Waals surface area contributed by atoms with Crippen LogP contribution in [0.25, 0.3) is 0 Å². The SMILES string of the molecule is C=C(C)/C(C)=C1\C=CC=CN1C(=C)CN1CCC(O)C1. The molecule has 1 unspecified atom stereocenters. The Bertz CT molecular complexity index is 499. The zero-order chi connectivity index (χ0) is 14.7. The average Bonchev–Trinajstić information content (AvgIpc) is 2.83. The number of hydrogen-bond acceptors (Lipinski definition) is 3. The molecule has 0 bridgehead atoms. The zero-order valence-electron chi connectivity index (χ0n) is 12.5. The van der Waals surface area contributed by atoms with Gasteiger partial charge in [0.1, 0.15) is 0 Å². The van der Waals surface area contributed by atoms with Crippen LogP contribution in [-0.4, -0.2) is 40.6 Å². The van der Waals surface area contributed by atoms with Crippen LogP contribution in [0, 0.1) is 0 Å². The van der Waals surface area contributed by atoms with Gasteiger partial charge in [-0.05, 0) is 38.0 Å². The Balaban J connectivity index is 2.11. The van der Waals surface area contributed by atoms with Crippen molar-refractivity contribution in [2.24, 2.45) is 0 Å². The van der Waals surface area contributed by atoms with Crippen molar-refractivity contribution in [3.63, 3.8) is 0 Å². The summed E-state index contributed by atoms with van der Waals surface area (Å²) in [7, 11) is 0. The van der Waals surface area contributed by atoms with Crippen LogP contribution in [0.3, 0.4) is 0 Å². The number of hydrogen-bond donors (Lipinski definition) is 1. The molecule has 3 heteroatoms. The van der Waals surface area contributed by atoms with Crippen LogP contribution in [0.15, 0.2) is 60.1 Å². The summed E-state index contributed by atoms with van der Waals surface area (Å²) in [6.07, 6.45) is 8.85. The fourth-order valence-electron chi connectivity index (χ4n) is 2.53. The Hall–Kier alpha value is -1.58. The number of β-amino-alcohol motifs (C(OH)–C–C–N with tert-alkyl or cyclic N) is 1. The highest BCUT2D eigenvalue weighted by atomic mass is 16.3. The van der Waals surface area contributed by atoms with Gasteiger partial charge in [-0.15, -0.1) is 0 Å². The van der Waals surface area contributed by atoms with Gasteiger partial charge in [0.15, 0.2) is 0 Å². The molecule has 0 saturated carbocycles. The first-order chi connectivity index (χ1) is 9.49. The van der Waals surface area contributed by atoms with Crippen LogP contribution >= 0.6 is 0 Å². The number of nitrogens with zero attached hydrogens (tertiary/aromatic N) is 2. The molecule has 1 atom stereocenters. The molecule has 0 aromatic carbocycles. The van der Waals surface area contributed by atoms with Crippen molar-refractivity contribution in [1.82, 2.24) is 9.80 Å². The number of aliphatic hydroxyl groups is 1. The standard InChI is InChI=1S/C17H24N2O/c1-13(2)15(4)17-7-5-6-9-19(17)14(3)11-18-10-8-16(20)12-18/h5-7,9,16,20H,1,3,8,10-12H2,2,4H3/b17-15+. The molecule has 0 aromatic heterocycles. The van der Waals surface area contributed by atoms with Gasteiger partial charge in [-0.2, -0.15) is 0 Å². The van der Waals surface area contributed by atoms with Crippen molar-refractivity contribution in [2.45, 2.75) is 26.4 Å². The predicted octanol–water partition coefficient (Wildman–Crippen LogP) is 2.80. The van der Waals surface area contributed by atoms with E-state index in [1.54, 1.807) is 0 Å². The highest BCUT2D eigenvalue weighted by Gasteiger charge is 2.22. The molecule has 1 saturated heterocycles. The summed E-state index contributed by atoms with van der Waals surface area (Å²) in [6.45, 7) is 14.8. The molecule has 2 aliphatic rings. The second-order valence-corrected chi connectivity index (χ2v) is 5.61. The lowest BCUT2D eigenvalue weighted by molar-refractivity contribution is 0.177. The van der Waals surface area contributed by atoms with E-state index in [1.807, 2.05) is 25.3 Å². The molecule has 1 fully saturated rings. The summed E-state index contributed by atoms with van der Waals surface area (Å²) in [5.41, 5.74) is 4.39. The Kier molecular flexibility index (Phi) is 4.63. The molecule has 2 aliphatic heterocycles. The first-order valence-electron chi connectivity index (χ1n) is 7.08. The van der Waals surface area contributed by atoms with Crippen LogP contribution < -0.4 is 0 Å². The van der Waals surface area contributed by atoms with Gasteiger partial charge in [0.05, 0.1) is 6.10 Å². The minimum atomic E-state index is -0.188. The summed E-state index contributed by atoms with van der Waals surface area (Å²) in [6, 6.07) is 0. The topological polar surface area (TPSA) is 26.7 Å². The number of likely N-dealkylation sites (tertiary alicyclic amines) is 1. The molecule has 2 rings (SSSR count). The highest BCUT2D eigenvalue weighted by Crippen LogP contribution is 2.25. The molecule has 0 spiro atoms. The molecule has 20 heavy (non-hydrogen) atoms. The van der Waals surface area contributed by atoms with Crippen LogP contribution in [0.4, 0.5) is 0 Å². The van der Waals surface area contributed by atoms with E-state index in [1.165, 1.54) is 5.57 Å².